The van der Waals surface area contributed by atoms with Crippen LogP contribution in [0.2, 0.25) is 0 Å². The summed E-state index contributed by atoms with van der Waals surface area (Å²) < 4.78 is 5.03. The Bertz CT molecular complexity index is 473. The summed E-state index contributed by atoms with van der Waals surface area (Å²) in [6.45, 7) is 2.22. The summed E-state index contributed by atoms with van der Waals surface area (Å²) in [5, 5.41) is 0. The summed E-state index contributed by atoms with van der Waals surface area (Å²) in [4.78, 5) is 24.0. The molecule has 120 valence electrons. The fourth-order valence-electron chi connectivity index (χ4n) is 3.18. The fourth-order valence-corrected chi connectivity index (χ4v) is 3.18. The van der Waals surface area contributed by atoms with Gasteiger partial charge < -0.3 is 4.74 Å². The summed E-state index contributed by atoms with van der Waals surface area (Å²) >= 11 is 0. The van der Waals surface area contributed by atoms with Gasteiger partial charge in [-0.25, -0.2) is 4.79 Å². The van der Waals surface area contributed by atoms with Crippen LogP contribution < -0.4 is 0 Å². The minimum Gasteiger partial charge on any atom is -0.389 e. The third kappa shape index (κ3) is 4.97. The Kier molecular flexibility index (Phi) is 6.63. The van der Waals surface area contributed by atoms with E-state index < -0.39 is 5.97 Å². The Morgan fingerprint density at radius 3 is 2.36 bits per heavy atom. The number of rotatable bonds is 6. The van der Waals surface area contributed by atoms with E-state index in [0.717, 1.165) is 31.6 Å². The molecule has 0 unspecified atom stereocenters. The van der Waals surface area contributed by atoms with Crippen LogP contribution in [0.1, 0.15) is 68.6 Å². The first-order valence-corrected chi connectivity index (χ1v) is 8.51. The largest absolute Gasteiger partial charge is 0.389 e. The molecule has 0 amide bonds. The van der Waals surface area contributed by atoms with Gasteiger partial charge in [0, 0.05) is 0 Å². The quantitative estimate of drug-likeness (QED) is 0.432. The molecule has 1 aromatic rings. The Morgan fingerprint density at radius 2 is 1.73 bits per heavy atom. The first-order chi connectivity index (χ1) is 10.7. The lowest BCUT2D eigenvalue weighted by molar-refractivity contribution is -0.144. The van der Waals surface area contributed by atoms with E-state index in [1.54, 1.807) is 24.3 Å². The summed E-state index contributed by atoms with van der Waals surface area (Å²) in [5.41, 5.74) is 0.434. The molecule has 0 N–H and O–H groups in total. The van der Waals surface area contributed by atoms with E-state index in [0.29, 0.717) is 5.56 Å². The highest BCUT2D eigenvalue weighted by molar-refractivity contribution is 5.97. The monoisotopic (exact) mass is 302 g/mol. The van der Waals surface area contributed by atoms with Gasteiger partial charge in [-0.3, -0.25) is 4.79 Å². The topological polar surface area (TPSA) is 43.4 Å². The molecule has 0 heterocycles. The highest BCUT2D eigenvalue weighted by atomic mass is 16.6. The molecule has 0 saturated heterocycles. The van der Waals surface area contributed by atoms with Crippen molar-refractivity contribution in [3.8, 4) is 0 Å². The van der Waals surface area contributed by atoms with Crippen LogP contribution in [0.5, 0.6) is 0 Å². The number of carbonyl (C=O) groups is 2. The summed E-state index contributed by atoms with van der Waals surface area (Å²) in [7, 11) is 0. The maximum atomic E-state index is 12.1. The standard InChI is InChI=1S/C19H26O3/c1-2-3-5-8-15-11-13-17(14-12-15)19(21)22-18(20)16-9-6-4-7-10-16/h4,6-7,9-10,15,17H,2-3,5,8,11-14H2,1H3. The maximum Gasteiger partial charge on any atom is 0.345 e. The lowest BCUT2D eigenvalue weighted by Crippen LogP contribution is -2.25. The number of benzene rings is 1. The van der Waals surface area contributed by atoms with Crippen LogP contribution in [0.4, 0.5) is 0 Å². The molecule has 1 saturated carbocycles. The van der Waals surface area contributed by atoms with E-state index in [9.17, 15) is 9.59 Å². The number of esters is 2. The second kappa shape index (κ2) is 8.72. The number of carbonyl (C=O) groups excluding carboxylic acids is 2. The molecule has 0 radical (unpaired) electrons. The molecule has 0 spiro atoms. The summed E-state index contributed by atoms with van der Waals surface area (Å²) in [6, 6.07) is 8.70. The van der Waals surface area contributed by atoms with Crippen molar-refractivity contribution in [2.75, 3.05) is 0 Å². The van der Waals surface area contributed by atoms with Gasteiger partial charge in [-0.2, -0.15) is 0 Å². The van der Waals surface area contributed by atoms with Crippen LogP contribution in [0.15, 0.2) is 30.3 Å². The van der Waals surface area contributed by atoms with Gasteiger partial charge in [0.05, 0.1) is 11.5 Å². The molecule has 3 heteroatoms. The number of hydrogen-bond acceptors (Lipinski definition) is 3. The van der Waals surface area contributed by atoms with Gasteiger partial charge in [0.25, 0.3) is 0 Å². The molecule has 1 aliphatic rings. The molecule has 0 aliphatic heterocycles. The van der Waals surface area contributed by atoms with Crippen molar-refractivity contribution in [1.82, 2.24) is 0 Å². The van der Waals surface area contributed by atoms with E-state index in [1.165, 1.54) is 25.7 Å². The van der Waals surface area contributed by atoms with Gasteiger partial charge in [0.2, 0.25) is 0 Å². The molecule has 0 bridgehead atoms. The van der Waals surface area contributed by atoms with Crippen molar-refractivity contribution in [3.05, 3.63) is 35.9 Å². The Morgan fingerprint density at radius 1 is 1.05 bits per heavy atom. The molecule has 1 aliphatic carbocycles. The zero-order valence-electron chi connectivity index (χ0n) is 13.4. The van der Waals surface area contributed by atoms with Crippen molar-refractivity contribution < 1.29 is 14.3 Å². The first kappa shape index (κ1) is 16.7. The van der Waals surface area contributed by atoms with Crippen molar-refractivity contribution in [2.24, 2.45) is 11.8 Å². The van der Waals surface area contributed by atoms with Gasteiger partial charge in [0.1, 0.15) is 0 Å². The van der Waals surface area contributed by atoms with Crippen LogP contribution in [0, 0.1) is 11.8 Å². The van der Waals surface area contributed by atoms with Gasteiger partial charge in [-0.05, 0) is 43.7 Å². The number of hydrogen-bond donors (Lipinski definition) is 0. The summed E-state index contributed by atoms with van der Waals surface area (Å²) in [5.74, 6) is -0.230. The van der Waals surface area contributed by atoms with Crippen LogP contribution in [-0.2, 0) is 9.53 Å². The Balaban J connectivity index is 1.74. The van der Waals surface area contributed by atoms with Crippen LogP contribution in [-0.4, -0.2) is 11.9 Å². The number of ether oxygens (including phenoxy) is 1. The van der Waals surface area contributed by atoms with E-state index >= 15 is 0 Å². The maximum absolute atomic E-state index is 12.1. The molecular weight excluding hydrogens is 276 g/mol. The van der Waals surface area contributed by atoms with Crippen molar-refractivity contribution in [2.45, 2.75) is 58.3 Å². The highest BCUT2D eigenvalue weighted by Crippen LogP contribution is 2.32. The second-order valence-electron chi connectivity index (χ2n) is 6.29. The molecule has 1 fully saturated rings. The first-order valence-electron chi connectivity index (χ1n) is 8.51. The molecule has 1 aromatic carbocycles. The van der Waals surface area contributed by atoms with Gasteiger partial charge in [0.15, 0.2) is 0 Å². The van der Waals surface area contributed by atoms with E-state index in [-0.39, 0.29) is 11.9 Å². The smallest absolute Gasteiger partial charge is 0.345 e. The predicted molar refractivity (Wildman–Crippen MR) is 86.5 cm³/mol. The molecule has 3 nitrogen and oxygen atoms in total. The Labute approximate surface area is 133 Å². The SMILES string of the molecule is CCCCCC1CCC(C(=O)OC(=O)c2ccccc2)CC1. The van der Waals surface area contributed by atoms with E-state index in [4.69, 9.17) is 4.74 Å². The predicted octanol–water partition coefficient (Wildman–Crippen LogP) is 4.76. The summed E-state index contributed by atoms with van der Waals surface area (Å²) in [6.07, 6.45) is 9.01. The molecule has 2 rings (SSSR count). The molecule has 0 atom stereocenters. The molecule has 0 aromatic heterocycles. The van der Waals surface area contributed by atoms with Gasteiger partial charge in [-0.1, -0.05) is 50.8 Å². The zero-order chi connectivity index (χ0) is 15.8. The van der Waals surface area contributed by atoms with Crippen molar-refractivity contribution in [1.29, 1.82) is 0 Å². The van der Waals surface area contributed by atoms with E-state index in [2.05, 4.69) is 6.92 Å². The fraction of sp³-hybridized carbons (Fsp3) is 0.579. The molecule has 22 heavy (non-hydrogen) atoms. The third-order valence-corrected chi connectivity index (χ3v) is 4.60. The van der Waals surface area contributed by atoms with Gasteiger partial charge in [-0.15, -0.1) is 0 Å². The second-order valence-corrected chi connectivity index (χ2v) is 6.29. The van der Waals surface area contributed by atoms with E-state index in [1.807, 2.05) is 6.07 Å². The third-order valence-electron chi connectivity index (χ3n) is 4.60. The van der Waals surface area contributed by atoms with Crippen molar-refractivity contribution >= 4 is 11.9 Å². The minimum absolute atomic E-state index is 0.102. The lowest BCUT2D eigenvalue weighted by Gasteiger charge is -2.26. The van der Waals surface area contributed by atoms with Crippen LogP contribution in [0.25, 0.3) is 0 Å². The zero-order valence-corrected chi connectivity index (χ0v) is 13.4. The molecular formula is C19H26O3. The van der Waals surface area contributed by atoms with Crippen LogP contribution in [0.3, 0.4) is 0 Å². The van der Waals surface area contributed by atoms with Crippen LogP contribution >= 0.6 is 0 Å². The van der Waals surface area contributed by atoms with Gasteiger partial charge >= 0.3 is 11.9 Å². The minimum atomic E-state index is -0.532. The average Bonchev–Trinajstić information content (AvgIpc) is 2.56. The number of unbranched alkanes of at least 4 members (excludes halogenated alkanes) is 2. The lowest BCUT2D eigenvalue weighted by atomic mass is 9.80. The highest BCUT2D eigenvalue weighted by Gasteiger charge is 2.28. The average molecular weight is 302 g/mol. The normalized spacial score (nSPS) is 21.3. The van der Waals surface area contributed by atoms with Crippen molar-refractivity contribution in [3.63, 3.8) is 0 Å². The Hall–Kier alpha value is -1.64.